The van der Waals surface area contributed by atoms with Crippen molar-refractivity contribution >= 4 is 5.91 Å². The normalized spacial score (nSPS) is 15.4. The lowest BCUT2D eigenvalue weighted by Crippen LogP contribution is -2.23. The summed E-state index contributed by atoms with van der Waals surface area (Å²) < 4.78 is 11.4. The molecule has 1 aliphatic heterocycles. The van der Waals surface area contributed by atoms with E-state index in [-0.39, 0.29) is 5.91 Å². The first-order valence-corrected chi connectivity index (χ1v) is 9.76. The summed E-state index contributed by atoms with van der Waals surface area (Å²) in [6.07, 6.45) is 14.1. The molecule has 1 heterocycles. The summed E-state index contributed by atoms with van der Waals surface area (Å²) in [5.74, 6) is 1.40. The van der Waals surface area contributed by atoms with Crippen LogP contribution in [0, 0.1) is 0 Å². The average molecular weight is 385 g/mol. The van der Waals surface area contributed by atoms with E-state index < -0.39 is 0 Å². The summed E-state index contributed by atoms with van der Waals surface area (Å²) in [6.45, 7) is 0.497. The van der Waals surface area contributed by atoms with Crippen LogP contribution in [0.25, 0.3) is 0 Å². The molecule has 0 bridgehead atoms. The highest BCUT2D eigenvalue weighted by Crippen LogP contribution is 2.24. The first kappa shape index (κ1) is 18.8. The fourth-order valence-electron chi connectivity index (χ4n) is 3.23. The number of allylic oxidation sites excluding steroid dienone is 4. The summed E-state index contributed by atoms with van der Waals surface area (Å²) >= 11 is 0. The molecule has 1 aliphatic carbocycles. The van der Waals surface area contributed by atoms with Gasteiger partial charge in [-0.1, -0.05) is 54.1 Å². The van der Waals surface area contributed by atoms with Crippen LogP contribution < -0.4 is 4.74 Å². The molecular formula is C25H23NO3. The third-order valence-corrected chi connectivity index (χ3v) is 4.81. The molecule has 2 aliphatic rings. The molecule has 0 unspecified atom stereocenters. The van der Waals surface area contributed by atoms with Crippen LogP contribution in [0.1, 0.15) is 35.2 Å². The second kappa shape index (κ2) is 9.11. The molecule has 0 saturated heterocycles. The maximum Gasteiger partial charge on any atom is 0.262 e. The molecule has 2 aromatic carbocycles. The van der Waals surface area contributed by atoms with E-state index in [0.717, 1.165) is 29.9 Å². The molecule has 146 valence electrons. The number of hydrogen-bond acceptors (Lipinski definition) is 3. The molecule has 2 aromatic rings. The predicted octanol–water partition coefficient (Wildman–Crippen LogP) is 5.72. The quantitative estimate of drug-likeness (QED) is 0.639. The van der Waals surface area contributed by atoms with Gasteiger partial charge in [0, 0.05) is 18.2 Å². The number of amides is 1. The first-order chi connectivity index (χ1) is 14.3. The van der Waals surface area contributed by atoms with E-state index in [0.29, 0.717) is 18.6 Å². The zero-order valence-corrected chi connectivity index (χ0v) is 16.2. The summed E-state index contributed by atoms with van der Waals surface area (Å²) in [4.78, 5) is 14.4. The standard InChI is InChI=1S/C25H23NO3/c27-25(26-15-16-28-24(18-26)17-20-7-3-1-4-8-20)22-11-13-23(14-12-22)29-19-21-9-5-2-6-10-21/h1-3,5-7,9-16,18H,4,8,17,19H2. The molecule has 0 spiro atoms. The minimum Gasteiger partial charge on any atom is -0.489 e. The van der Waals surface area contributed by atoms with E-state index in [1.165, 1.54) is 5.57 Å². The lowest BCUT2D eigenvalue weighted by molar-refractivity contribution is 0.0854. The van der Waals surface area contributed by atoms with Crippen molar-refractivity contribution in [3.05, 3.63) is 114 Å². The number of hydrogen-bond donors (Lipinski definition) is 0. The van der Waals surface area contributed by atoms with Crippen molar-refractivity contribution in [1.29, 1.82) is 0 Å². The Morgan fingerprint density at radius 2 is 1.90 bits per heavy atom. The van der Waals surface area contributed by atoms with Gasteiger partial charge >= 0.3 is 0 Å². The fourth-order valence-corrected chi connectivity index (χ4v) is 3.23. The average Bonchev–Trinajstić information content (AvgIpc) is 2.79. The lowest BCUT2D eigenvalue weighted by atomic mass is 10.0. The Balaban J connectivity index is 1.38. The van der Waals surface area contributed by atoms with Gasteiger partial charge in [0.2, 0.25) is 0 Å². The van der Waals surface area contributed by atoms with Gasteiger partial charge in [0.05, 0.1) is 6.20 Å². The zero-order chi connectivity index (χ0) is 19.9. The molecule has 0 N–H and O–H groups in total. The van der Waals surface area contributed by atoms with Crippen molar-refractivity contribution < 1.29 is 14.3 Å². The van der Waals surface area contributed by atoms with Crippen molar-refractivity contribution in [3.63, 3.8) is 0 Å². The first-order valence-electron chi connectivity index (χ1n) is 9.76. The van der Waals surface area contributed by atoms with Crippen LogP contribution >= 0.6 is 0 Å². The smallest absolute Gasteiger partial charge is 0.262 e. The van der Waals surface area contributed by atoms with E-state index in [1.54, 1.807) is 35.7 Å². The Labute approximate surface area is 171 Å². The van der Waals surface area contributed by atoms with Crippen molar-refractivity contribution in [2.75, 3.05) is 0 Å². The number of nitrogens with zero attached hydrogens (tertiary/aromatic N) is 1. The second-order valence-electron chi connectivity index (χ2n) is 6.98. The van der Waals surface area contributed by atoms with Gasteiger partial charge in [0.15, 0.2) is 0 Å². The molecule has 4 nitrogen and oxygen atoms in total. The highest BCUT2D eigenvalue weighted by Gasteiger charge is 2.17. The minimum atomic E-state index is -0.103. The number of benzene rings is 2. The Morgan fingerprint density at radius 1 is 1.07 bits per heavy atom. The van der Waals surface area contributed by atoms with Crippen LogP contribution in [0.4, 0.5) is 0 Å². The van der Waals surface area contributed by atoms with E-state index in [1.807, 2.05) is 42.5 Å². The summed E-state index contributed by atoms with van der Waals surface area (Å²) in [7, 11) is 0. The van der Waals surface area contributed by atoms with Crippen LogP contribution in [0.15, 0.2) is 103 Å². The molecule has 29 heavy (non-hydrogen) atoms. The van der Waals surface area contributed by atoms with E-state index in [2.05, 4.69) is 18.2 Å². The highest BCUT2D eigenvalue weighted by atomic mass is 16.5. The SMILES string of the molecule is O=C(c1ccc(OCc2ccccc2)cc1)N1C=COC(CC2=CC=CCC2)=C1. The van der Waals surface area contributed by atoms with Gasteiger partial charge < -0.3 is 9.47 Å². The van der Waals surface area contributed by atoms with Gasteiger partial charge in [-0.05, 0) is 42.7 Å². The summed E-state index contributed by atoms with van der Waals surface area (Å²) in [5, 5.41) is 0. The predicted molar refractivity (Wildman–Crippen MR) is 113 cm³/mol. The van der Waals surface area contributed by atoms with Gasteiger partial charge in [-0.15, -0.1) is 0 Å². The monoisotopic (exact) mass is 385 g/mol. The molecule has 0 fully saturated rings. The van der Waals surface area contributed by atoms with E-state index in [4.69, 9.17) is 9.47 Å². The Kier molecular flexibility index (Phi) is 5.91. The second-order valence-corrected chi connectivity index (χ2v) is 6.98. The maximum atomic E-state index is 12.8. The van der Waals surface area contributed by atoms with Gasteiger partial charge in [0.1, 0.15) is 24.4 Å². The number of carbonyl (C=O) groups is 1. The third-order valence-electron chi connectivity index (χ3n) is 4.81. The Hall–Kier alpha value is -3.53. The summed E-state index contributed by atoms with van der Waals surface area (Å²) in [5.41, 5.74) is 3.01. The van der Waals surface area contributed by atoms with Crippen molar-refractivity contribution in [2.45, 2.75) is 25.9 Å². The lowest BCUT2D eigenvalue weighted by Gasteiger charge is -2.21. The van der Waals surface area contributed by atoms with Crippen LogP contribution in [-0.4, -0.2) is 10.8 Å². The van der Waals surface area contributed by atoms with E-state index in [9.17, 15) is 4.79 Å². The fraction of sp³-hybridized carbons (Fsp3) is 0.160. The zero-order valence-electron chi connectivity index (χ0n) is 16.2. The molecule has 4 rings (SSSR count). The largest absolute Gasteiger partial charge is 0.489 e. The van der Waals surface area contributed by atoms with Crippen molar-refractivity contribution in [1.82, 2.24) is 4.90 Å². The molecule has 0 saturated carbocycles. The van der Waals surface area contributed by atoms with Gasteiger partial charge in [-0.3, -0.25) is 9.69 Å². The van der Waals surface area contributed by atoms with Gasteiger partial charge in [0.25, 0.3) is 5.91 Å². The number of ether oxygens (including phenoxy) is 2. The number of rotatable bonds is 6. The Morgan fingerprint density at radius 3 is 2.66 bits per heavy atom. The molecular weight excluding hydrogens is 362 g/mol. The molecule has 0 aromatic heterocycles. The van der Waals surface area contributed by atoms with Gasteiger partial charge in [-0.2, -0.15) is 0 Å². The molecule has 0 radical (unpaired) electrons. The van der Waals surface area contributed by atoms with Crippen molar-refractivity contribution in [2.24, 2.45) is 0 Å². The van der Waals surface area contributed by atoms with Crippen LogP contribution in [0.3, 0.4) is 0 Å². The van der Waals surface area contributed by atoms with E-state index >= 15 is 0 Å². The maximum absolute atomic E-state index is 12.8. The molecule has 0 atom stereocenters. The topological polar surface area (TPSA) is 38.8 Å². The van der Waals surface area contributed by atoms with Crippen molar-refractivity contribution in [3.8, 4) is 5.75 Å². The molecule has 4 heteroatoms. The number of carbonyl (C=O) groups excluding carboxylic acids is 1. The van der Waals surface area contributed by atoms with Gasteiger partial charge in [-0.25, -0.2) is 0 Å². The van der Waals surface area contributed by atoms with Crippen LogP contribution in [0.2, 0.25) is 0 Å². The third kappa shape index (κ3) is 5.05. The summed E-state index contributed by atoms with van der Waals surface area (Å²) in [6, 6.07) is 17.2. The minimum absolute atomic E-state index is 0.103. The Bertz CT molecular complexity index is 969. The highest BCUT2D eigenvalue weighted by molar-refractivity contribution is 5.95. The van der Waals surface area contributed by atoms with Crippen LogP contribution in [0.5, 0.6) is 5.75 Å². The van der Waals surface area contributed by atoms with Crippen LogP contribution in [-0.2, 0) is 11.3 Å². The molecule has 1 amide bonds.